The van der Waals surface area contributed by atoms with Crippen LogP contribution in [0.1, 0.15) is 29.8 Å². The van der Waals surface area contributed by atoms with Gasteiger partial charge in [-0.05, 0) is 48.7 Å². The number of amides is 1. The molecule has 0 bridgehead atoms. The van der Waals surface area contributed by atoms with Gasteiger partial charge in [0.15, 0.2) is 5.17 Å². The van der Waals surface area contributed by atoms with Crippen molar-refractivity contribution in [2.45, 2.75) is 20.0 Å². The van der Waals surface area contributed by atoms with Crippen LogP contribution in [-0.4, -0.2) is 35.1 Å². The molecule has 1 saturated heterocycles. The van der Waals surface area contributed by atoms with E-state index in [0.29, 0.717) is 16.5 Å². The highest BCUT2D eigenvalue weighted by Gasteiger charge is 2.16. The van der Waals surface area contributed by atoms with Crippen LogP contribution in [0.5, 0.6) is 0 Å². The fourth-order valence-electron chi connectivity index (χ4n) is 2.43. The summed E-state index contributed by atoms with van der Waals surface area (Å²) in [5, 5.41) is 11.1. The van der Waals surface area contributed by atoms with Crippen molar-refractivity contribution in [3.8, 4) is 11.1 Å². The summed E-state index contributed by atoms with van der Waals surface area (Å²) in [6.45, 7) is 3.65. The fraction of sp³-hybridized carbons (Fsp3) is 0.200. The van der Waals surface area contributed by atoms with Crippen LogP contribution in [0.3, 0.4) is 0 Å². The normalized spacial score (nSPS) is 15.5. The van der Waals surface area contributed by atoms with Gasteiger partial charge in [-0.3, -0.25) is 4.79 Å². The highest BCUT2D eigenvalue weighted by atomic mass is 32.2. The smallest absolute Gasteiger partial charge is 0.338 e. The molecule has 0 atom stereocenters. The molecule has 0 unspecified atom stereocenters. The van der Waals surface area contributed by atoms with Crippen LogP contribution >= 0.6 is 11.8 Å². The Morgan fingerprint density at radius 3 is 2.63 bits per heavy atom. The Balaban J connectivity index is 1.77. The number of hydrogen-bond acceptors (Lipinski definition) is 6. The number of thioether (sulfide) groups is 1. The Morgan fingerprint density at radius 2 is 1.93 bits per heavy atom. The average molecular weight is 381 g/mol. The number of rotatable bonds is 5. The van der Waals surface area contributed by atoms with Crippen molar-refractivity contribution in [1.29, 1.82) is 0 Å². The summed E-state index contributed by atoms with van der Waals surface area (Å²) in [4.78, 5) is 23.2. The van der Waals surface area contributed by atoms with Crippen LogP contribution < -0.4 is 5.32 Å². The lowest BCUT2D eigenvalue weighted by molar-refractivity contribution is -0.116. The van der Waals surface area contributed by atoms with Gasteiger partial charge in [-0.25, -0.2) is 4.79 Å². The number of carbonyl (C=O) groups excluding carboxylic acids is 2. The molecule has 138 valence electrons. The van der Waals surface area contributed by atoms with Crippen molar-refractivity contribution < 1.29 is 14.3 Å². The average Bonchev–Trinajstić information content (AvgIpc) is 3.07. The van der Waals surface area contributed by atoms with Gasteiger partial charge in [0.05, 0.1) is 23.6 Å². The minimum absolute atomic E-state index is 0.0631. The van der Waals surface area contributed by atoms with Gasteiger partial charge in [-0.1, -0.05) is 42.1 Å². The van der Waals surface area contributed by atoms with E-state index in [1.807, 2.05) is 56.3 Å². The molecule has 3 rings (SSSR count). The van der Waals surface area contributed by atoms with Gasteiger partial charge in [0.1, 0.15) is 0 Å². The third-order valence-corrected chi connectivity index (χ3v) is 4.47. The van der Waals surface area contributed by atoms with E-state index in [0.717, 1.165) is 16.7 Å². The van der Waals surface area contributed by atoms with E-state index in [2.05, 4.69) is 15.5 Å². The van der Waals surface area contributed by atoms with E-state index in [4.69, 9.17) is 4.74 Å². The maximum atomic E-state index is 12.1. The van der Waals surface area contributed by atoms with Crippen molar-refractivity contribution in [2.24, 2.45) is 10.2 Å². The number of carbonyl (C=O) groups is 2. The summed E-state index contributed by atoms with van der Waals surface area (Å²) in [6.07, 6.45) is 1.46. The zero-order valence-corrected chi connectivity index (χ0v) is 15.8. The van der Waals surface area contributed by atoms with Crippen molar-refractivity contribution in [1.82, 2.24) is 5.32 Å². The topological polar surface area (TPSA) is 80.1 Å². The van der Waals surface area contributed by atoms with Crippen molar-refractivity contribution in [2.75, 3.05) is 5.75 Å². The monoisotopic (exact) mass is 381 g/mol. The van der Waals surface area contributed by atoms with Gasteiger partial charge in [0, 0.05) is 0 Å². The Morgan fingerprint density at radius 1 is 1.19 bits per heavy atom. The maximum Gasteiger partial charge on any atom is 0.338 e. The Labute approximate surface area is 161 Å². The first-order chi connectivity index (χ1) is 13.0. The van der Waals surface area contributed by atoms with Gasteiger partial charge in [-0.15, -0.1) is 5.10 Å². The molecule has 1 aliphatic rings. The van der Waals surface area contributed by atoms with Gasteiger partial charge in [0.25, 0.3) is 0 Å². The summed E-state index contributed by atoms with van der Waals surface area (Å²) in [5.74, 6) is -0.0253. The zero-order valence-electron chi connectivity index (χ0n) is 15.0. The molecule has 1 amide bonds. The Bertz CT molecular complexity index is 922. The Hall–Kier alpha value is -2.93. The molecule has 1 aliphatic heterocycles. The van der Waals surface area contributed by atoms with E-state index >= 15 is 0 Å². The number of hydrogen-bond donors (Lipinski definition) is 1. The second-order valence-electron chi connectivity index (χ2n) is 6.15. The SMILES string of the molecule is CC(C)OC(=O)c1cccc(-c2cccc(C=NN=C3NC(=O)CS3)c2)c1. The summed E-state index contributed by atoms with van der Waals surface area (Å²) >= 11 is 1.33. The molecule has 0 aliphatic carbocycles. The van der Waals surface area contributed by atoms with E-state index in [1.165, 1.54) is 11.8 Å². The summed E-state index contributed by atoms with van der Waals surface area (Å²) in [5.41, 5.74) is 3.24. The molecule has 0 spiro atoms. The predicted molar refractivity (Wildman–Crippen MR) is 108 cm³/mol. The standard InChI is InChI=1S/C20H19N3O3S/c1-13(2)26-19(25)17-8-4-7-16(10-17)15-6-3-5-14(9-15)11-21-23-20-22-18(24)12-27-20/h3-11,13H,12H2,1-2H3,(H,22,23,24). The fourth-order valence-corrected chi connectivity index (χ4v) is 3.06. The number of nitrogens with zero attached hydrogens (tertiary/aromatic N) is 2. The third-order valence-electron chi connectivity index (χ3n) is 3.60. The van der Waals surface area contributed by atoms with Crippen molar-refractivity contribution >= 4 is 35.0 Å². The summed E-state index contributed by atoms with van der Waals surface area (Å²) in [6, 6.07) is 15.1. The van der Waals surface area contributed by atoms with E-state index in [-0.39, 0.29) is 18.0 Å². The van der Waals surface area contributed by atoms with Crippen LogP contribution in [0.25, 0.3) is 11.1 Å². The zero-order chi connectivity index (χ0) is 19.2. The first kappa shape index (κ1) is 18.8. The Kier molecular flexibility index (Phi) is 6.03. The molecule has 1 heterocycles. The third kappa shape index (κ3) is 5.27. The highest BCUT2D eigenvalue weighted by molar-refractivity contribution is 8.15. The summed E-state index contributed by atoms with van der Waals surface area (Å²) < 4.78 is 5.25. The van der Waals surface area contributed by atoms with Gasteiger partial charge in [0.2, 0.25) is 5.91 Å². The molecule has 1 N–H and O–H groups in total. The van der Waals surface area contributed by atoms with Crippen LogP contribution in [0.4, 0.5) is 0 Å². The van der Waals surface area contributed by atoms with Crippen LogP contribution in [-0.2, 0) is 9.53 Å². The lowest BCUT2D eigenvalue weighted by Gasteiger charge is -2.09. The lowest BCUT2D eigenvalue weighted by Crippen LogP contribution is -2.19. The van der Waals surface area contributed by atoms with E-state index < -0.39 is 0 Å². The number of amidine groups is 1. The second-order valence-corrected chi connectivity index (χ2v) is 7.11. The molecular weight excluding hydrogens is 362 g/mol. The van der Waals surface area contributed by atoms with Crippen LogP contribution in [0.2, 0.25) is 0 Å². The van der Waals surface area contributed by atoms with Gasteiger partial charge in [-0.2, -0.15) is 5.10 Å². The number of ether oxygens (including phenoxy) is 1. The molecule has 0 aromatic heterocycles. The summed E-state index contributed by atoms with van der Waals surface area (Å²) in [7, 11) is 0. The first-order valence-corrected chi connectivity index (χ1v) is 9.45. The minimum atomic E-state index is -0.337. The van der Waals surface area contributed by atoms with Crippen LogP contribution in [0.15, 0.2) is 58.7 Å². The maximum absolute atomic E-state index is 12.1. The molecule has 1 fully saturated rings. The van der Waals surface area contributed by atoms with Crippen molar-refractivity contribution in [3.05, 3.63) is 59.7 Å². The van der Waals surface area contributed by atoms with Crippen molar-refractivity contribution in [3.63, 3.8) is 0 Å². The largest absolute Gasteiger partial charge is 0.459 e. The highest BCUT2D eigenvalue weighted by Crippen LogP contribution is 2.22. The number of esters is 1. The number of nitrogens with one attached hydrogen (secondary N) is 1. The molecule has 0 radical (unpaired) electrons. The second kappa shape index (κ2) is 8.64. The van der Waals surface area contributed by atoms with Gasteiger partial charge < -0.3 is 10.1 Å². The quantitative estimate of drug-likeness (QED) is 0.489. The molecule has 27 heavy (non-hydrogen) atoms. The van der Waals surface area contributed by atoms with E-state index in [1.54, 1.807) is 12.3 Å². The lowest BCUT2D eigenvalue weighted by atomic mass is 10.0. The van der Waals surface area contributed by atoms with E-state index in [9.17, 15) is 9.59 Å². The molecular formula is C20H19N3O3S. The predicted octanol–water partition coefficient (Wildman–Crippen LogP) is 3.47. The van der Waals surface area contributed by atoms with Gasteiger partial charge >= 0.3 is 5.97 Å². The molecule has 6 nitrogen and oxygen atoms in total. The molecule has 0 saturated carbocycles. The first-order valence-electron chi connectivity index (χ1n) is 8.46. The molecule has 7 heteroatoms. The molecule has 2 aromatic carbocycles. The minimum Gasteiger partial charge on any atom is -0.459 e. The molecule has 2 aromatic rings. The van der Waals surface area contributed by atoms with Crippen LogP contribution in [0, 0.1) is 0 Å². The number of benzene rings is 2.